The first-order chi connectivity index (χ1) is 10.1. The number of hydrogen-bond acceptors (Lipinski definition) is 6. The van der Waals surface area contributed by atoms with E-state index >= 15 is 0 Å². The summed E-state index contributed by atoms with van der Waals surface area (Å²) in [5, 5.41) is 16.7. The molecule has 0 unspecified atom stereocenters. The zero-order valence-corrected chi connectivity index (χ0v) is 11.8. The van der Waals surface area contributed by atoms with Crippen LogP contribution in [0, 0.1) is 10.1 Å². The summed E-state index contributed by atoms with van der Waals surface area (Å²) < 4.78 is 0. The molecule has 0 saturated carbocycles. The highest BCUT2D eigenvalue weighted by atomic mass is 32.2. The summed E-state index contributed by atoms with van der Waals surface area (Å²) in [5.41, 5.74) is 3.91. The second kappa shape index (κ2) is 5.57. The number of amides is 1. The van der Waals surface area contributed by atoms with Gasteiger partial charge < -0.3 is 4.90 Å². The van der Waals surface area contributed by atoms with Crippen molar-refractivity contribution in [2.24, 2.45) is 5.10 Å². The van der Waals surface area contributed by atoms with Crippen molar-refractivity contribution in [3.05, 3.63) is 51.0 Å². The molecule has 0 aliphatic carbocycles. The predicted octanol–water partition coefficient (Wildman–Crippen LogP) is 1.47. The molecule has 1 aromatic rings. The van der Waals surface area contributed by atoms with Crippen LogP contribution in [0.3, 0.4) is 0 Å². The normalized spacial score (nSPS) is 17.5. The smallest absolute Gasteiger partial charge is 0.288 e. The van der Waals surface area contributed by atoms with E-state index in [9.17, 15) is 14.9 Å². The molecule has 0 bridgehead atoms. The standard InChI is InChI=1S/C13H12N4O3S/c18-13-11-8-21-5-4-16(11)12(14-15-13)7-9-2-1-3-10(6-9)17(19)20/h1-3,6,8H,4-5,7H2,(H,15,18). The maximum atomic E-state index is 11.7. The summed E-state index contributed by atoms with van der Waals surface area (Å²) in [6, 6.07) is 6.45. The minimum absolute atomic E-state index is 0.0536. The largest absolute Gasteiger partial charge is 0.322 e. The molecule has 108 valence electrons. The maximum Gasteiger partial charge on any atom is 0.288 e. The van der Waals surface area contributed by atoms with Gasteiger partial charge in [0.2, 0.25) is 0 Å². The number of carbonyl (C=O) groups is 1. The molecule has 2 aliphatic rings. The van der Waals surface area contributed by atoms with E-state index in [0.717, 1.165) is 11.3 Å². The summed E-state index contributed by atoms with van der Waals surface area (Å²) in [6.07, 6.45) is 0.434. The second-order valence-corrected chi connectivity index (χ2v) is 5.58. The van der Waals surface area contributed by atoms with Gasteiger partial charge in [-0.25, -0.2) is 5.43 Å². The minimum atomic E-state index is -0.420. The van der Waals surface area contributed by atoms with Crippen LogP contribution in [-0.4, -0.2) is 33.9 Å². The monoisotopic (exact) mass is 304 g/mol. The van der Waals surface area contributed by atoms with Gasteiger partial charge in [0.05, 0.1) is 4.92 Å². The number of hydrogen-bond donors (Lipinski definition) is 1. The third-order valence-electron chi connectivity index (χ3n) is 3.23. The Balaban J connectivity index is 1.86. The van der Waals surface area contributed by atoms with Gasteiger partial charge in [-0.15, -0.1) is 11.8 Å². The number of fused-ring (bicyclic) bond motifs is 1. The van der Waals surface area contributed by atoms with Crippen molar-refractivity contribution in [2.75, 3.05) is 12.3 Å². The Hall–Kier alpha value is -2.35. The van der Waals surface area contributed by atoms with Crippen LogP contribution >= 0.6 is 11.8 Å². The molecule has 1 amide bonds. The van der Waals surface area contributed by atoms with Crippen molar-refractivity contribution in [3.63, 3.8) is 0 Å². The lowest BCUT2D eigenvalue weighted by atomic mass is 10.1. The number of nitrogens with one attached hydrogen (secondary N) is 1. The van der Waals surface area contributed by atoms with Crippen LogP contribution in [0.1, 0.15) is 5.56 Å². The van der Waals surface area contributed by atoms with Gasteiger partial charge in [-0.05, 0) is 5.56 Å². The van der Waals surface area contributed by atoms with Crippen molar-refractivity contribution < 1.29 is 9.72 Å². The number of nitro groups is 1. The maximum absolute atomic E-state index is 11.7. The minimum Gasteiger partial charge on any atom is -0.322 e. The SMILES string of the molecule is O=C1NN=C(Cc2cccc([N+](=O)[O-])c2)N2CCSC=C12. The number of rotatable bonds is 3. The van der Waals surface area contributed by atoms with Gasteiger partial charge in [0, 0.05) is 36.3 Å². The van der Waals surface area contributed by atoms with Crippen molar-refractivity contribution in [1.29, 1.82) is 0 Å². The molecule has 0 aromatic heterocycles. The lowest BCUT2D eigenvalue weighted by molar-refractivity contribution is -0.384. The van der Waals surface area contributed by atoms with E-state index < -0.39 is 4.92 Å². The fourth-order valence-electron chi connectivity index (χ4n) is 2.24. The average Bonchev–Trinajstić information content (AvgIpc) is 2.51. The molecule has 2 heterocycles. The van der Waals surface area contributed by atoms with E-state index in [1.54, 1.807) is 17.8 Å². The summed E-state index contributed by atoms with van der Waals surface area (Å²) in [7, 11) is 0. The van der Waals surface area contributed by atoms with Crippen LogP contribution in [0.15, 0.2) is 40.5 Å². The van der Waals surface area contributed by atoms with Crippen LogP contribution in [0.4, 0.5) is 5.69 Å². The first-order valence-electron chi connectivity index (χ1n) is 6.35. The summed E-state index contributed by atoms with van der Waals surface area (Å²) >= 11 is 1.59. The number of non-ortho nitro benzene ring substituents is 1. The van der Waals surface area contributed by atoms with Gasteiger partial charge in [0.1, 0.15) is 11.5 Å². The van der Waals surface area contributed by atoms with Gasteiger partial charge in [0.25, 0.3) is 11.6 Å². The topological polar surface area (TPSA) is 87.8 Å². The number of hydrazone groups is 1. The molecular formula is C13H12N4O3S. The summed E-state index contributed by atoms with van der Waals surface area (Å²) in [4.78, 5) is 24.0. The van der Waals surface area contributed by atoms with Crippen molar-refractivity contribution >= 4 is 29.2 Å². The van der Waals surface area contributed by atoms with E-state index in [1.165, 1.54) is 12.1 Å². The number of carbonyl (C=O) groups excluding carboxylic acids is 1. The average molecular weight is 304 g/mol. The quantitative estimate of drug-likeness (QED) is 0.675. The Morgan fingerprint density at radius 2 is 2.33 bits per heavy atom. The molecule has 21 heavy (non-hydrogen) atoms. The molecule has 8 heteroatoms. The van der Waals surface area contributed by atoms with Crippen LogP contribution in [0.2, 0.25) is 0 Å². The first-order valence-corrected chi connectivity index (χ1v) is 7.39. The fraction of sp³-hybridized carbons (Fsp3) is 0.231. The zero-order chi connectivity index (χ0) is 14.8. The van der Waals surface area contributed by atoms with Crippen molar-refractivity contribution in [2.45, 2.75) is 6.42 Å². The highest BCUT2D eigenvalue weighted by Crippen LogP contribution is 2.23. The van der Waals surface area contributed by atoms with Gasteiger partial charge >= 0.3 is 0 Å². The Morgan fingerprint density at radius 1 is 1.48 bits per heavy atom. The molecule has 1 N–H and O–H groups in total. The number of nitro benzene ring substituents is 1. The van der Waals surface area contributed by atoms with Crippen LogP contribution < -0.4 is 5.43 Å². The molecule has 3 rings (SSSR count). The molecule has 0 saturated heterocycles. The lowest BCUT2D eigenvalue weighted by Crippen LogP contribution is -2.46. The molecule has 1 aromatic carbocycles. The van der Waals surface area contributed by atoms with Crippen molar-refractivity contribution in [3.8, 4) is 0 Å². The Bertz CT molecular complexity index is 671. The van der Waals surface area contributed by atoms with E-state index in [1.807, 2.05) is 16.4 Å². The Morgan fingerprint density at radius 3 is 3.14 bits per heavy atom. The molecule has 0 fully saturated rings. The third kappa shape index (κ3) is 2.75. The van der Waals surface area contributed by atoms with E-state index in [4.69, 9.17) is 0 Å². The summed E-state index contributed by atoms with van der Waals surface area (Å²) in [5.74, 6) is 1.36. The molecule has 0 spiro atoms. The number of benzene rings is 1. The number of nitrogens with zero attached hydrogens (tertiary/aromatic N) is 3. The second-order valence-electron chi connectivity index (χ2n) is 4.60. The molecular weight excluding hydrogens is 292 g/mol. The highest BCUT2D eigenvalue weighted by molar-refractivity contribution is 8.02. The van der Waals surface area contributed by atoms with Gasteiger partial charge in [-0.3, -0.25) is 14.9 Å². The fourth-order valence-corrected chi connectivity index (χ4v) is 3.04. The zero-order valence-electron chi connectivity index (χ0n) is 11.0. The lowest BCUT2D eigenvalue weighted by Gasteiger charge is -2.32. The molecule has 7 nitrogen and oxygen atoms in total. The van der Waals surface area contributed by atoms with Gasteiger partial charge in [-0.2, -0.15) is 5.10 Å². The summed E-state index contributed by atoms with van der Waals surface area (Å²) in [6.45, 7) is 0.706. The predicted molar refractivity (Wildman–Crippen MR) is 79.6 cm³/mol. The number of amidine groups is 1. The molecule has 0 atom stereocenters. The first kappa shape index (κ1) is 13.6. The van der Waals surface area contributed by atoms with Crippen LogP contribution in [0.25, 0.3) is 0 Å². The Labute approximate surface area is 124 Å². The van der Waals surface area contributed by atoms with E-state index in [2.05, 4.69) is 10.5 Å². The van der Waals surface area contributed by atoms with Crippen molar-refractivity contribution in [1.82, 2.24) is 10.3 Å². The van der Waals surface area contributed by atoms with Gasteiger partial charge in [0.15, 0.2) is 0 Å². The van der Waals surface area contributed by atoms with E-state index in [0.29, 0.717) is 24.5 Å². The van der Waals surface area contributed by atoms with Crippen LogP contribution in [-0.2, 0) is 11.2 Å². The molecule has 2 aliphatic heterocycles. The highest BCUT2D eigenvalue weighted by Gasteiger charge is 2.28. The van der Waals surface area contributed by atoms with Gasteiger partial charge in [-0.1, -0.05) is 12.1 Å². The Kier molecular flexibility index (Phi) is 3.61. The van der Waals surface area contributed by atoms with E-state index in [-0.39, 0.29) is 11.6 Å². The third-order valence-corrected chi connectivity index (χ3v) is 4.04. The molecule has 0 radical (unpaired) electrons. The van der Waals surface area contributed by atoms with Crippen LogP contribution in [0.5, 0.6) is 0 Å². The number of thioether (sulfide) groups is 1.